The van der Waals surface area contributed by atoms with Crippen molar-refractivity contribution in [1.29, 1.82) is 0 Å². The summed E-state index contributed by atoms with van der Waals surface area (Å²) in [6, 6.07) is 4.02. The van der Waals surface area contributed by atoms with Crippen LogP contribution in [0.15, 0.2) is 18.2 Å². The lowest BCUT2D eigenvalue weighted by Gasteiger charge is -2.13. The van der Waals surface area contributed by atoms with Gasteiger partial charge >= 0.3 is 11.9 Å². The van der Waals surface area contributed by atoms with Crippen LogP contribution < -0.4 is 4.90 Å². The van der Waals surface area contributed by atoms with Crippen molar-refractivity contribution in [1.82, 2.24) is 0 Å². The number of nitro benzene ring substituents is 1. The number of benzene rings is 1. The van der Waals surface area contributed by atoms with Crippen LogP contribution in [0.5, 0.6) is 0 Å². The molecule has 0 radical (unpaired) electrons. The Hall–Kier alpha value is -2.64. The van der Waals surface area contributed by atoms with Crippen LogP contribution in [-0.2, 0) is 14.3 Å². The SMILES string of the molecule is CN(C)c1ccc(C(=O)O[C@@H]2CCOC2=O)cc1[N+](=O)[O-]. The van der Waals surface area contributed by atoms with Gasteiger partial charge in [-0.25, -0.2) is 9.59 Å². The summed E-state index contributed by atoms with van der Waals surface area (Å²) >= 11 is 0. The molecule has 0 amide bonds. The highest BCUT2D eigenvalue weighted by Crippen LogP contribution is 2.28. The second kappa shape index (κ2) is 5.78. The zero-order valence-corrected chi connectivity index (χ0v) is 11.6. The molecule has 8 heteroatoms. The van der Waals surface area contributed by atoms with E-state index in [2.05, 4.69) is 4.74 Å². The average molecular weight is 294 g/mol. The van der Waals surface area contributed by atoms with Gasteiger partial charge in [0.05, 0.1) is 17.1 Å². The predicted molar refractivity (Wildman–Crippen MR) is 72.2 cm³/mol. The molecule has 8 nitrogen and oxygen atoms in total. The number of ether oxygens (including phenoxy) is 2. The maximum Gasteiger partial charge on any atom is 0.347 e. The number of hydrogen-bond donors (Lipinski definition) is 0. The molecule has 0 aliphatic carbocycles. The van der Waals surface area contributed by atoms with Crippen molar-refractivity contribution >= 4 is 23.3 Å². The van der Waals surface area contributed by atoms with Gasteiger partial charge in [0.2, 0.25) is 6.10 Å². The normalized spacial score (nSPS) is 17.2. The Labute approximate surface area is 120 Å². The summed E-state index contributed by atoms with van der Waals surface area (Å²) in [4.78, 5) is 35.2. The molecule has 1 saturated heterocycles. The topological polar surface area (TPSA) is 99.0 Å². The van der Waals surface area contributed by atoms with E-state index in [0.717, 1.165) is 6.07 Å². The standard InChI is InChI=1S/C13H14N2O6/c1-14(2)9-4-3-8(7-10(9)15(18)19)12(16)21-11-5-6-20-13(11)17/h3-4,7,11H,5-6H2,1-2H3/t11-/m1/s1. The van der Waals surface area contributed by atoms with Gasteiger partial charge in [-0.1, -0.05) is 0 Å². The zero-order valence-electron chi connectivity index (χ0n) is 11.6. The van der Waals surface area contributed by atoms with Gasteiger partial charge in [0, 0.05) is 26.6 Å². The second-order valence-electron chi connectivity index (χ2n) is 4.71. The highest BCUT2D eigenvalue weighted by atomic mass is 16.6. The van der Waals surface area contributed by atoms with Crippen molar-refractivity contribution in [2.24, 2.45) is 0 Å². The van der Waals surface area contributed by atoms with Crippen molar-refractivity contribution in [3.8, 4) is 0 Å². The van der Waals surface area contributed by atoms with E-state index in [1.54, 1.807) is 19.0 Å². The Bertz CT molecular complexity index is 598. The van der Waals surface area contributed by atoms with Crippen LogP contribution in [0, 0.1) is 10.1 Å². The van der Waals surface area contributed by atoms with E-state index in [-0.39, 0.29) is 17.9 Å². The van der Waals surface area contributed by atoms with Gasteiger partial charge in [-0.05, 0) is 12.1 Å². The fraction of sp³-hybridized carbons (Fsp3) is 0.385. The lowest BCUT2D eigenvalue weighted by Crippen LogP contribution is -2.22. The smallest absolute Gasteiger partial charge is 0.347 e. The molecule has 0 unspecified atom stereocenters. The van der Waals surface area contributed by atoms with Gasteiger partial charge < -0.3 is 14.4 Å². The van der Waals surface area contributed by atoms with Gasteiger partial charge in [-0.15, -0.1) is 0 Å². The van der Waals surface area contributed by atoms with E-state index in [0.29, 0.717) is 12.1 Å². The third-order valence-corrected chi connectivity index (χ3v) is 3.03. The van der Waals surface area contributed by atoms with Crippen LogP contribution >= 0.6 is 0 Å². The molecule has 1 aliphatic heterocycles. The van der Waals surface area contributed by atoms with Crippen LogP contribution in [-0.4, -0.2) is 43.7 Å². The molecule has 1 fully saturated rings. The largest absolute Gasteiger partial charge is 0.463 e. The minimum atomic E-state index is -0.940. The highest BCUT2D eigenvalue weighted by molar-refractivity contribution is 5.93. The molecule has 1 aromatic rings. The molecular weight excluding hydrogens is 280 g/mol. The Balaban J connectivity index is 2.23. The van der Waals surface area contributed by atoms with E-state index in [4.69, 9.17) is 4.74 Å². The molecule has 2 rings (SSSR count). The van der Waals surface area contributed by atoms with Gasteiger partial charge in [0.15, 0.2) is 0 Å². The Kier molecular flexibility index (Phi) is 4.06. The minimum absolute atomic E-state index is 0.0204. The van der Waals surface area contributed by atoms with E-state index >= 15 is 0 Å². The number of carbonyl (C=O) groups is 2. The fourth-order valence-corrected chi connectivity index (χ4v) is 1.96. The van der Waals surface area contributed by atoms with Crippen LogP contribution in [0.1, 0.15) is 16.8 Å². The quantitative estimate of drug-likeness (QED) is 0.466. The van der Waals surface area contributed by atoms with Gasteiger partial charge in [0.1, 0.15) is 5.69 Å². The monoisotopic (exact) mass is 294 g/mol. The molecule has 1 aliphatic rings. The van der Waals surface area contributed by atoms with E-state index in [1.807, 2.05) is 0 Å². The number of rotatable bonds is 4. The van der Waals surface area contributed by atoms with Crippen molar-refractivity contribution < 1.29 is 24.0 Å². The molecule has 0 spiro atoms. The third-order valence-electron chi connectivity index (χ3n) is 3.03. The predicted octanol–water partition coefficient (Wildman–Crippen LogP) is 1.13. The Morgan fingerprint density at radius 3 is 2.71 bits per heavy atom. The summed E-state index contributed by atoms with van der Waals surface area (Å²) in [6.07, 6.45) is -0.646. The summed E-state index contributed by atoms with van der Waals surface area (Å²) < 4.78 is 9.68. The first kappa shape index (κ1) is 14.8. The second-order valence-corrected chi connectivity index (χ2v) is 4.71. The summed E-state index contributed by atoms with van der Waals surface area (Å²) in [5.74, 6) is -1.38. The molecule has 0 saturated carbocycles. The van der Waals surface area contributed by atoms with E-state index in [1.165, 1.54) is 12.1 Å². The Morgan fingerprint density at radius 2 is 2.19 bits per heavy atom. The zero-order chi connectivity index (χ0) is 15.6. The van der Waals surface area contributed by atoms with Crippen LogP contribution in [0.4, 0.5) is 11.4 Å². The number of carbonyl (C=O) groups excluding carboxylic acids is 2. The first-order chi connectivity index (χ1) is 9.90. The van der Waals surface area contributed by atoms with Gasteiger partial charge in [-0.3, -0.25) is 10.1 Å². The van der Waals surface area contributed by atoms with Crippen molar-refractivity contribution in [3.05, 3.63) is 33.9 Å². The average Bonchev–Trinajstić information content (AvgIpc) is 2.83. The minimum Gasteiger partial charge on any atom is -0.463 e. The summed E-state index contributed by atoms with van der Waals surface area (Å²) in [6.45, 7) is 0.205. The molecule has 1 heterocycles. The number of esters is 2. The van der Waals surface area contributed by atoms with E-state index in [9.17, 15) is 19.7 Å². The maximum absolute atomic E-state index is 11.9. The molecule has 0 N–H and O–H groups in total. The molecule has 0 bridgehead atoms. The molecule has 1 atom stereocenters. The maximum atomic E-state index is 11.9. The number of cyclic esters (lactones) is 1. The number of nitrogens with zero attached hydrogens (tertiary/aromatic N) is 2. The fourth-order valence-electron chi connectivity index (χ4n) is 1.96. The molecule has 0 aromatic heterocycles. The highest BCUT2D eigenvalue weighted by Gasteiger charge is 2.31. The Morgan fingerprint density at radius 1 is 1.48 bits per heavy atom. The number of nitro groups is 1. The van der Waals surface area contributed by atoms with Crippen molar-refractivity contribution in [2.45, 2.75) is 12.5 Å². The third kappa shape index (κ3) is 3.10. The van der Waals surface area contributed by atoms with Crippen LogP contribution in [0.3, 0.4) is 0 Å². The number of hydrogen-bond acceptors (Lipinski definition) is 7. The lowest BCUT2D eigenvalue weighted by atomic mass is 10.1. The van der Waals surface area contributed by atoms with Gasteiger partial charge in [0.25, 0.3) is 5.69 Å². The van der Waals surface area contributed by atoms with Gasteiger partial charge in [-0.2, -0.15) is 0 Å². The number of anilines is 1. The summed E-state index contributed by atoms with van der Waals surface area (Å²) in [5, 5.41) is 11.1. The summed E-state index contributed by atoms with van der Waals surface area (Å²) in [5.41, 5.74) is 0.187. The van der Waals surface area contributed by atoms with Crippen molar-refractivity contribution in [3.63, 3.8) is 0 Å². The first-order valence-corrected chi connectivity index (χ1v) is 6.23. The summed E-state index contributed by atoms with van der Waals surface area (Å²) in [7, 11) is 3.32. The van der Waals surface area contributed by atoms with Crippen LogP contribution in [0.2, 0.25) is 0 Å². The molecule has 21 heavy (non-hydrogen) atoms. The van der Waals surface area contributed by atoms with E-state index < -0.39 is 23.0 Å². The van der Waals surface area contributed by atoms with Crippen molar-refractivity contribution in [2.75, 3.05) is 25.6 Å². The molecular formula is C13H14N2O6. The molecule has 1 aromatic carbocycles. The van der Waals surface area contributed by atoms with Crippen LogP contribution in [0.25, 0.3) is 0 Å². The lowest BCUT2D eigenvalue weighted by molar-refractivity contribution is -0.384. The molecule has 112 valence electrons. The first-order valence-electron chi connectivity index (χ1n) is 6.23.